The van der Waals surface area contributed by atoms with E-state index in [1.54, 1.807) is 0 Å². The Morgan fingerprint density at radius 3 is 2.60 bits per heavy atom. The molecule has 1 aliphatic heterocycles. The number of pyridine rings is 1. The van der Waals surface area contributed by atoms with E-state index in [1.807, 2.05) is 24.0 Å². The van der Waals surface area contributed by atoms with Crippen LogP contribution in [0.2, 0.25) is 5.02 Å². The van der Waals surface area contributed by atoms with Crippen LogP contribution in [0.25, 0.3) is 0 Å². The van der Waals surface area contributed by atoms with Gasteiger partial charge in [0.25, 0.3) is 0 Å². The molecular weight excluding hydrogens is 290 g/mol. The molecule has 2 atom stereocenters. The maximum atomic E-state index is 6.43. The van der Waals surface area contributed by atoms with Crippen LogP contribution in [0, 0.1) is 0 Å². The standard InChI is InChI=1S/C15H24ClN3S/c1-10(2)17-6-13-5-14(16)15(18-7-13)19-8-11(3)20-12(4)9-19/h5,7,10-12,17H,6,8-9H2,1-4H3. The maximum absolute atomic E-state index is 6.43. The second-order valence-corrected chi connectivity index (χ2v) is 8.14. The van der Waals surface area contributed by atoms with E-state index in [2.05, 4.69) is 42.9 Å². The summed E-state index contributed by atoms with van der Waals surface area (Å²) < 4.78 is 0. The minimum atomic E-state index is 0.467. The van der Waals surface area contributed by atoms with Crippen LogP contribution in [0.1, 0.15) is 33.3 Å². The highest BCUT2D eigenvalue weighted by molar-refractivity contribution is 8.00. The monoisotopic (exact) mass is 313 g/mol. The van der Waals surface area contributed by atoms with Gasteiger partial charge in [0.15, 0.2) is 0 Å². The highest BCUT2D eigenvalue weighted by Gasteiger charge is 2.24. The molecule has 2 heterocycles. The van der Waals surface area contributed by atoms with Crippen LogP contribution in [-0.4, -0.2) is 34.6 Å². The lowest BCUT2D eigenvalue weighted by molar-refractivity contribution is 0.588. The third kappa shape index (κ3) is 4.27. The molecule has 1 N–H and O–H groups in total. The van der Waals surface area contributed by atoms with E-state index < -0.39 is 0 Å². The molecule has 1 aromatic rings. The first-order valence-corrected chi connectivity index (χ1v) is 8.56. The molecule has 20 heavy (non-hydrogen) atoms. The number of hydrogen-bond acceptors (Lipinski definition) is 4. The van der Waals surface area contributed by atoms with Crippen molar-refractivity contribution >= 4 is 29.2 Å². The molecule has 2 rings (SSSR count). The van der Waals surface area contributed by atoms with E-state index in [-0.39, 0.29) is 0 Å². The number of anilines is 1. The van der Waals surface area contributed by atoms with E-state index in [4.69, 9.17) is 11.6 Å². The Morgan fingerprint density at radius 2 is 2.05 bits per heavy atom. The maximum Gasteiger partial charge on any atom is 0.147 e. The van der Waals surface area contributed by atoms with Gasteiger partial charge in [0.1, 0.15) is 5.82 Å². The summed E-state index contributed by atoms with van der Waals surface area (Å²) in [5.41, 5.74) is 1.14. The number of thioether (sulfide) groups is 1. The number of halogens is 1. The van der Waals surface area contributed by atoms with Crippen molar-refractivity contribution in [2.24, 2.45) is 0 Å². The molecule has 0 aromatic carbocycles. The fraction of sp³-hybridized carbons (Fsp3) is 0.667. The van der Waals surface area contributed by atoms with E-state index in [0.29, 0.717) is 16.5 Å². The van der Waals surface area contributed by atoms with E-state index in [9.17, 15) is 0 Å². The molecule has 112 valence electrons. The number of nitrogens with zero attached hydrogens (tertiary/aromatic N) is 2. The van der Waals surface area contributed by atoms with Gasteiger partial charge in [-0.2, -0.15) is 11.8 Å². The van der Waals surface area contributed by atoms with Crippen molar-refractivity contribution in [3.8, 4) is 0 Å². The van der Waals surface area contributed by atoms with Crippen LogP contribution in [0.4, 0.5) is 5.82 Å². The minimum Gasteiger partial charge on any atom is -0.353 e. The van der Waals surface area contributed by atoms with E-state index >= 15 is 0 Å². The smallest absolute Gasteiger partial charge is 0.147 e. The minimum absolute atomic E-state index is 0.467. The van der Waals surface area contributed by atoms with Crippen molar-refractivity contribution in [1.82, 2.24) is 10.3 Å². The highest BCUT2D eigenvalue weighted by Crippen LogP contribution is 2.31. The molecule has 0 amide bonds. The zero-order valence-electron chi connectivity index (χ0n) is 12.7. The first-order valence-electron chi connectivity index (χ1n) is 7.24. The summed E-state index contributed by atoms with van der Waals surface area (Å²) in [7, 11) is 0. The molecule has 3 nitrogen and oxygen atoms in total. The summed E-state index contributed by atoms with van der Waals surface area (Å²) in [6.07, 6.45) is 1.94. The van der Waals surface area contributed by atoms with Gasteiger partial charge in [0.05, 0.1) is 5.02 Å². The second-order valence-electron chi connectivity index (χ2n) is 5.85. The highest BCUT2D eigenvalue weighted by atomic mass is 35.5. The van der Waals surface area contributed by atoms with Crippen LogP contribution in [0.3, 0.4) is 0 Å². The van der Waals surface area contributed by atoms with Crippen LogP contribution >= 0.6 is 23.4 Å². The molecule has 1 saturated heterocycles. The molecule has 1 fully saturated rings. The largest absolute Gasteiger partial charge is 0.353 e. The van der Waals surface area contributed by atoms with Crippen molar-refractivity contribution in [2.75, 3.05) is 18.0 Å². The van der Waals surface area contributed by atoms with Gasteiger partial charge in [-0.1, -0.05) is 39.3 Å². The van der Waals surface area contributed by atoms with Crippen LogP contribution in [0.15, 0.2) is 12.3 Å². The lowest BCUT2D eigenvalue weighted by Crippen LogP contribution is -2.41. The van der Waals surface area contributed by atoms with Crippen molar-refractivity contribution < 1.29 is 0 Å². The first-order chi connectivity index (χ1) is 9.45. The van der Waals surface area contributed by atoms with Crippen molar-refractivity contribution in [3.63, 3.8) is 0 Å². The zero-order chi connectivity index (χ0) is 14.7. The molecule has 0 saturated carbocycles. The van der Waals surface area contributed by atoms with Gasteiger partial charge in [0, 0.05) is 42.4 Å². The molecule has 0 radical (unpaired) electrons. The molecule has 0 aliphatic carbocycles. The topological polar surface area (TPSA) is 28.2 Å². The number of aromatic nitrogens is 1. The summed E-state index contributed by atoms with van der Waals surface area (Å²) in [6.45, 7) is 11.7. The molecular formula is C15H24ClN3S. The van der Waals surface area contributed by atoms with Gasteiger partial charge in [0.2, 0.25) is 0 Å². The quantitative estimate of drug-likeness (QED) is 0.920. The first kappa shape index (κ1) is 15.9. The lowest BCUT2D eigenvalue weighted by atomic mass is 10.2. The Labute approximate surface area is 131 Å². The van der Waals surface area contributed by atoms with Gasteiger partial charge in [-0.15, -0.1) is 0 Å². The Kier molecular flexibility index (Phi) is 5.58. The predicted octanol–water partition coefficient (Wildman–Crippen LogP) is 3.56. The van der Waals surface area contributed by atoms with Crippen LogP contribution in [0.5, 0.6) is 0 Å². The van der Waals surface area contributed by atoms with Crippen molar-refractivity contribution in [1.29, 1.82) is 0 Å². The van der Waals surface area contributed by atoms with Crippen molar-refractivity contribution in [3.05, 3.63) is 22.8 Å². The van der Waals surface area contributed by atoms with E-state index in [0.717, 1.165) is 36.0 Å². The van der Waals surface area contributed by atoms with Gasteiger partial charge in [-0.3, -0.25) is 0 Å². The Balaban J connectivity index is 2.09. The number of hydrogen-bond donors (Lipinski definition) is 1. The average molecular weight is 314 g/mol. The van der Waals surface area contributed by atoms with Gasteiger partial charge < -0.3 is 10.2 Å². The Bertz CT molecular complexity index is 443. The second kappa shape index (κ2) is 7.01. The molecule has 1 aliphatic rings. The molecule has 5 heteroatoms. The van der Waals surface area contributed by atoms with Gasteiger partial charge in [-0.05, 0) is 11.6 Å². The summed E-state index contributed by atoms with van der Waals surface area (Å²) in [6, 6.07) is 2.50. The lowest BCUT2D eigenvalue weighted by Gasteiger charge is -2.35. The fourth-order valence-electron chi connectivity index (χ4n) is 2.47. The third-order valence-corrected chi connectivity index (χ3v) is 4.82. The predicted molar refractivity (Wildman–Crippen MR) is 90.0 cm³/mol. The third-order valence-electron chi connectivity index (χ3n) is 3.31. The summed E-state index contributed by atoms with van der Waals surface area (Å²) in [5, 5.41) is 5.40. The summed E-state index contributed by atoms with van der Waals surface area (Å²) >= 11 is 8.47. The molecule has 0 spiro atoms. The van der Waals surface area contributed by atoms with Crippen LogP contribution < -0.4 is 10.2 Å². The summed E-state index contributed by atoms with van der Waals surface area (Å²) in [4.78, 5) is 6.91. The van der Waals surface area contributed by atoms with Crippen LogP contribution in [-0.2, 0) is 6.54 Å². The Hall–Kier alpha value is -0.450. The number of nitrogens with one attached hydrogen (secondary N) is 1. The summed E-state index contributed by atoms with van der Waals surface area (Å²) in [5.74, 6) is 0.930. The number of rotatable bonds is 4. The molecule has 1 aromatic heterocycles. The van der Waals surface area contributed by atoms with E-state index in [1.165, 1.54) is 0 Å². The zero-order valence-corrected chi connectivity index (χ0v) is 14.3. The molecule has 0 bridgehead atoms. The Morgan fingerprint density at radius 1 is 1.40 bits per heavy atom. The van der Waals surface area contributed by atoms with Crippen molar-refractivity contribution in [2.45, 2.75) is 50.8 Å². The fourth-order valence-corrected chi connectivity index (χ4v) is 4.11. The average Bonchev–Trinajstić information content (AvgIpc) is 2.35. The van der Waals surface area contributed by atoms with Gasteiger partial charge >= 0.3 is 0 Å². The molecule has 2 unspecified atom stereocenters. The normalized spacial score (nSPS) is 23.4. The SMILES string of the molecule is CC(C)NCc1cnc(N2CC(C)SC(C)C2)c(Cl)c1. The van der Waals surface area contributed by atoms with Gasteiger partial charge in [-0.25, -0.2) is 4.98 Å².